The van der Waals surface area contributed by atoms with Gasteiger partial charge in [0, 0.05) is 18.6 Å². The summed E-state index contributed by atoms with van der Waals surface area (Å²) in [6.45, 7) is 0. The van der Waals surface area contributed by atoms with Crippen LogP contribution in [0, 0.1) is 5.95 Å². The number of hydrogen-bond acceptors (Lipinski definition) is 4. The van der Waals surface area contributed by atoms with Crippen LogP contribution in [0.5, 0.6) is 0 Å². The minimum Gasteiger partial charge on any atom is -0.317 e. The molecule has 0 bridgehead atoms. The third-order valence-corrected chi connectivity index (χ3v) is 2.70. The van der Waals surface area contributed by atoms with Gasteiger partial charge in [0.1, 0.15) is 5.69 Å². The summed E-state index contributed by atoms with van der Waals surface area (Å²) in [6, 6.07) is 9.14. The van der Waals surface area contributed by atoms with Crippen LogP contribution >= 0.6 is 0 Å². The van der Waals surface area contributed by atoms with Gasteiger partial charge >= 0.3 is 0 Å². The van der Waals surface area contributed by atoms with Crippen molar-refractivity contribution in [3.05, 3.63) is 66.6 Å². The van der Waals surface area contributed by atoms with E-state index in [4.69, 9.17) is 0 Å². The summed E-state index contributed by atoms with van der Waals surface area (Å²) in [5.74, 6) is -0.760. The molecule has 0 spiro atoms. The highest BCUT2D eigenvalue weighted by atomic mass is 19.1. The van der Waals surface area contributed by atoms with E-state index >= 15 is 0 Å². The Morgan fingerprint density at radius 3 is 2.81 bits per heavy atom. The number of nitrogens with zero attached hydrogens (tertiary/aromatic N) is 4. The van der Waals surface area contributed by atoms with Crippen molar-refractivity contribution in [1.29, 1.82) is 0 Å². The first-order valence-corrected chi connectivity index (χ1v) is 6.13. The molecule has 0 atom stereocenters. The first kappa shape index (κ1) is 12.9. The number of carbonyl (C=O) groups excluding carboxylic acids is 1. The van der Waals surface area contributed by atoms with Crippen LogP contribution in [0.25, 0.3) is 5.82 Å². The zero-order valence-electron chi connectivity index (χ0n) is 10.8. The molecule has 3 rings (SSSR count). The SMILES string of the molecule is O=C(Nc1cccnc1-n1cccn1)c1cccc(F)n1. The molecule has 1 amide bonds. The second kappa shape index (κ2) is 5.49. The lowest BCUT2D eigenvalue weighted by Gasteiger charge is -2.09. The smallest absolute Gasteiger partial charge is 0.274 e. The third-order valence-electron chi connectivity index (χ3n) is 2.70. The molecule has 21 heavy (non-hydrogen) atoms. The van der Waals surface area contributed by atoms with Crippen molar-refractivity contribution in [3.63, 3.8) is 0 Å². The van der Waals surface area contributed by atoms with Crippen LogP contribution in [0.3, 0.4) is 0 Å². The number of nitrogens with one attached hydrogen (secondary N) is 1. The monoisotopic (exact) mass is 283 g/mol. The van der Waals surface area contributed by atoms with Gasteiger partial charge < -0.3 is 5.32 Å². The summed E-state index contributed by atoms with van der Waals surface area (Å²) < 4.78 is 14.6. The van der Waals surface area contributed by atoms with Crippen molar-refractivity contribution in [3.8, 4) is 5.82 Å². The summed E-state index contributed by atoms with van der Waals surface area (Å²) >= 11 is 0. The Balaban J connectivity index is 1.90. The minimum atomic E-state index is -0.707. The van der Waals surface area contributed by atoms with Gasteiger partial charge in [0.15, 0.2) is 5.82 Å². The summed E-state index contributed by atoms with van der Waals surface area (Å²) in [5.41, 5.74) is 0.447. The molecule has 0 aliphatic heterocycles. The summed E-state index contributed by atoms with van der Waals surface area (Å²) in [4.78, 5) is 19.8. The van der Waals surface area contributed by atoms with Gasteiger partial charge in [-0.15, -0.1) is 0 Å². The number of amides is 1. The summed E-state index contributed by atoms with van der Waals surface area (Å²) in [6.07, 6.45) is 4.90. The van der Waals surface area contributed by atoms with Gasteiger partial charge in [-0.05, 0) is 30.3 Å². The van der Waals surface area contributed by atoms with Crippen LogP contribution in [0.2, 0.25) is 0 Å². The van der Waals surface area contributed by atoms with E-state index in [2.05, 4.69) is 20.4 Å². The van der Waals surface area contributed by atoms with Crippen molar-refractivity contribution >= 4 is 11.6 Å². The van der Waals surface area contributed by atoms with E-state index in [-0.39, 0.29) is 5.69 Å². The molecule has 0 fully saturated rings. The standard InChI is InChI=1S/C14H10FN5O/c15-12-6-1-4-11(18-12)14(21)19-10-5-2-7-16-13(10)20-9-3-8-17-20/h1-9H,(H,19,21). The fourth-order valence-electron chi connectivity index (χ4n) is 1.79. The van der Waals surface area contributed by atoms with Crippen molar-refractivity contribution in [2.75, 3.05) is 5.32 Å². The van der Waals surface area contributed by atoms with E-state index in [1.54, 1.807) is 36.8 Å². The predicted octanol–water partition coefficient (Wildman–Crippen LogP) is 2.05. The molecule has 3 heterocycles. The first-order chi connectivity index (χ1) is 10.2. The highest BCUT2D eigenvalue weighted by Crippen LogP contribution is 2.16. The third kappa shape index (κ3) is 2.76. The number of carbonyl (C=O) groups is 1. The van der Waals surface area contributed by atoms with Crippen LogP contribution in [-0.4, -0.2) is 25.7 Å². The highest BCUT2D eigenvalue weighted by molar-refractivity contribution is 6.03. The molecule has 1 N–H and O–H groups in total. The van der Waals surface area contributed by atoms with Gasteiger partial charge in [-0.2, -0.15) is 9.49 Å². The van der Waals surface area contributed by atoms with Crippen molar-refractivity contribution in [2.24, 2.45) is 0 Å². The predicted molar refractivity (Wildman–Crippen MR) is 73.5 cm³/mol. The second-order valence-corrected chi connectivity index (χ2v) is 4.12. The summed E-state index contributed by atoms with van der Waals surface area (Å²) in [5, 5.41) is 6.72. The molecule has 0 saturated heterocycles. The topological polar surface area (TPSA) is 72.7 Å². The number of anilines is 1. The van der Waals surface area contributed by atoms with Crippen molar-refractivity contribution in [2.45, 2.75) is 0 Å². The average Bonchev–Trinajstić information content (AvgIpc) is 3.02. The molecule has 0 unspecified atom stereocenters. The molecule has 0 aliphatic carbocycles. The lowest BCUT2D eigenvalue weighted by molar-refractivity contribution is 0.102. The molecule has 0 aliphatic rings. The van der Waals surface area contributed by atoms with E-state index in [0.29, 0.717) is 11.5 Å². The lowest BCUT2D eigenvalue weighted by Crippen LogP contribution is -2.16. The van der Waals surface area contributed by atoms with Crippen molar-refractivity contribution in [1.82, 2.24) is 19.7 Å². The van der Waals surface area contributed by atoms with E-state index in [0.717, 1.165) is 0 Å². The number of halogens is 1. The normalized spacial score (nSPS) is 10.3. The Labute approximate surface area is 119 Å². The maximum atomic E-state index is 13.1. The highest BCUT2D eigenvalue weighted by Gasteiger charge is 2.12. The lowest BCUT2D eigenvalue weighted by atomic mass is 10.3. The molecule has 7 heteroatoms. The molecule has 6 nitrogen and oxygen atoms in total. The molecule has 0 saturated carbocycles. The van der Waals surface area contributed by atoms with E-state index in [1.807, 2.05) is 0 Å². The van der Waals surface area contributed by atoms with Crippen LogP contribution in [0.15, 0.2) is 55.0 Å². The van der Waals surface area contributed by atoms with Crippen LogP contribution in [-0.2, 0) is 0 Å². The van der Waals surface area contributed by atoms with E-state index in [9.17, 15) is 9.18 Å². The molecular formula is C14H10FN5O. The van der Waals surface area contributed by atoms with Gasteiger partial charge in [0.25, 0.3) is 5.91 Å². The van der Waals surface area contributed by atoms with Gasteiger partial charge in [-0.1, -0.05) is 6.07 Å². The molecule has 3 aromatic rings. The number of hydrogen-bond donors (Lipinski definition) is 1. The Kier molecular flexibility index (Phi) is 3.38. The average molecular weight is 283 g/mol. The van der Waals surface area contributed by atoms with Crippen LogP contribution < -0.4 is 5.32 Å². The Morgan fingerprint density at radius 2 is 2.05 bits per heavy atom. The van der Waals surface area contributed by atoms with Gasteiger partial charge in [-0.25, -0.2) is 14.6 Å². The van der Waals surface area contributed by atoms with E-state index in [1.165, 1.54) is 22.9 Å². The molecular weight excluding hydrogens is 273 g/mol. The fraction of sp³-hybridized carbons (Fsp3) is 0. The van der Waals surface area contributed by atoms with Gasteiger partial charge in [0.05, 0.1) is 5.69 Å². The molecule has 0 radical (unpaired) electrons. The molecule has 3 aromatic heterocycles. The fourth-order valence-corrected chi connectivity index (χ4v) is 1.79. The Morgan fingerprint density at radius 1 is 1.14 bits per heavy atom. The Hall–Kier alpha value is -3.09. The maximum absolute atomic E-state index is 13.1. The van der Waals surface area contributed by atoms with Gasteiger partial charge in [0.2, 0.25) is 5.95 Å². The number of aromatic nitrogens is 4. The second-order valence-electron chi connectivity index (χ2n) is 4.12. The quantitative estimate of drug-likeness (QED) is 0.747. The minimum absolute atomic E-state index is 0.00901. The zero-order valence-corrected chi connectivity index (χ0v) is 10.8. The largest absolute Gasteiger partial charge is 0.317 e. The molecule has 0 aromatic carbocycles. The van der Waals surface area contributed by atoms with Crippen LogP contribution in [0.1, 0.15) is 10.5 Å². The maximum Gasteiger partial charge on any atom is 0.274 e. The van der Waals surface area contributed by atoms with Gasteiger partial charge in [-0.3, -0.25) is 4.79 Å². The number of rotatable bonds is 3. The van der Waals surface area contributed by atoms with Crippen LogP contribution in [0.4, 0.5) is 10.1 Å². The zero-order chi connectivity index (χ0) is 14.7. The van der Waals surface area contributed by atoms with Crippen molar-refractivity contribution < 1.29 is 9.18 Å². The first-order valence-electron chi connectivity index (χ1n) is 6.13. The molecule has 104 valence electrons. The summed E-state index contributed by atoms with van der Waals surface area (Å²) in [7, 11) is 0. The number of pyridine rings is 2. The Bertz CT molecular complexity index is 773. The van der Waals surface area contributed by atoms with E-state index < -0.39 is 11.9 Å².